The van der Waals surface area contributed by atoms with Gasteiger partial charge in [-0.1, -0.05) is 6.92 Å². The average Bonchev–Trinajstić information content (AvgIpc) is 2.74. The molecule has 0 unspecified atom stereocenters. The molecule has 5 heteroatoms. The van der Waals surface area contributed by atoms with Crippen LogP contribution in [0, 0.1) is 0 Å². The van der Waals surface area contributed by atoms with Crippen LogP contribution in [0.4, 0.5) is 0 Å². The van der Waals surface area contributed by atoms with Crippen molar-refractivity contribution in [2.24, 2.45) is 7.05 Å². The zero-order valence-electron chi connectivity index (χ0n) is 9.51. The van der Waals surface area contributed by atoms with Gasteiger partial charge < -0.3 is 9.88 Å². The maximum Gasteiger partial charge on any atom is 0.177 e. The summed E-state index contributed by atoms with van der Waals surface area (Å²) in [5, 5.41) is 3.23. The summed E-state index contributed by atoms with van der Waals surface area (Å²) in [6.07, 6.45) is 7.19. The van der Waals surface area contributed by atoms with E-state index in [0.717, 1.165) is 24.3 Å². The molecule has 0 atom stereocenters. The standard InChI is InChI=1S/C11H15N5/c1-3-12-4-9-5-14-11(15-6-9)10-7-13-8-16(10)2/h5-8,12H,3-4H2,1-2H3. The average molecular weight is 217 g/mol. The van der Waals surface area contributed by atoms with Crippen molar-refractivity contribution in [1.82, 2.24) is 24.8 Å². The third-order valence-corrected chi connectivity index (χ3v) is 2.33. The van der Waals surface area contributed by atoms with E-state index in [9.17, 15) is 0 Å². The number of imidazole rings is 1. The van der Waals surface area contributed by atoms with Gasteiger partial charge in [-0.2, -0.15) is 0 Å². The zero-order valence-corrected chi connectivity index (χ0v) is 9.51. The Balaban J connectivity index is 2.16. The molecule has 5 nitrogen and oxygen atoms in total. The van der Waals surface area contributed by atoms with E-state index in [1.807, 2.05) is 24.0 Å². The summed E-state index contributed by atoms with van der Waals surface area (Å²) in [6, 6.07) is 0. The zero-order chi connectivity index (χ0) is 11.4. The second kappa shape index (κ2) is 4.85. The van der Waals surface area contributed by atoms with Gasteiger partial charge in [0.25, 0.3) is 0 Å². The third kappa shape index (κ3) is 2.25. The minimum Gasteiger partial charge on any atom is -0.331 e. The first-order valence-corrected chi connectivity index (χ1v) is 5.29. The molecule has 0 spiro atoms. The molecule has 2 aromatic heterocycles. The van der Waals surface area contributed by atoms with Crippen LogP contribution >= 0.6 is 0 Å². The normalized spacial score (nSPS) is 10.6. The smallest absolute Gasteiger partial charge is 0.177 e. The maximum atomic E-state index is 4.32. The number of nitrogens with one attached hydrogen (secondary N) is 1. The minimum atomic E-state index is 0.709. The summed E-state index contributed by atoms with van der Waals surface area (Å²) >= 11 is 0. The van der Waals surface area contributed by atoms with E-state index in [-0.39, 0.29) is 0 Å². The van der Waals surface area contributed by atoms with E-state index in [2.05, 4.69) is 27.2 Å². The first-order chi connectivity index (χ1) is 7.81. The van der Waals surface area contributed by atoms with E-state index in [1.54, 1.807) is 12.5 Å². The minimum absolute atomic E-state index is 0.709. The van der Waals surface area contributed by atoms with Crippen molar-refractivity contribution in [2.45, 2.75) is 13.5 Å². The van der Waals surface area contributed by atoms with E-state index in [1.165, 1.54) is 0 Å². The van der Waals surface area contributed by atoms with E-state index in [4.69, 9.17) is 0 Å². The topological polar surface area (TPSA) is 55.6 Å². The lowest BCUT2D eigenvalue weighted by atomic mass is 10.3. The van der Waals surface area contributed by atoms with Crippen LogP contribution in [0.5, 0.6) is 0 Å². The molecular formula is C11H15N5. The number of hydrogen-bond acceptors (Lipinski definition) is 4. The van der Waals surface area contributed by atoms with Crippen molar-refractivity contribution in [2.75, 3.05) is 6.54 Å². The lowest BCUT2D eigenvalue weighted by Crippen LogP contribution is -2.12. The third-order valence-electron chi connectivity index (χ3n) is 2.33. The van der Waals surface area contributed by atoms with Gasteiger partial charge in [-0.15, -0.1) is 0 Å². The molecule has 2 rings (SSSR count). The summed E-state index contributed by atoms with van der Waals surface area (Å²) < 4.78 is 1.90. The molecule has 0 saturated heterocycles. The highest BCUT2D eigenvalue weighted by Gasteiger charge is 2.04. The van der Waals surface area contributed by atoms with Crippen LogP contribution in [0.1, 0.15) is 12.5 Å². The molecule has 0 aliphatic carbocycles. The van der Waals surface area contributed by atoms with Crippen molar-refractivity contribution in [3.8, 4) is 11.5 Å². The van der Waals surface area contributed by atoms with Gasteiger partial charge in [-0.3, -0.25) is 0 Å². The van der Waals surface area contributed by atoms with E-state index < -0.39 is 0 Å². The molecule has 0 saturated carbocycles. The van der Waals surface area contributed by atoms with Crippen molar-refractivity contribution in [3.05, 3.63) is 30.5 Å². The fourth-order valence-corrected chi connectivity index (χ4v) is 1.42. The van der Waals surface area contributed by atoms with Crippen molar-refractivity contribution in [3.63, 3.8) is 0 Å². The first-order valence-electron chi connectivity index (χ1n) is 5.29. The highest BCUT2D eigenvalue weighted by Crippen LogP contribution is 2.11. The largest absolute Gasteiger partial charge is 0.331 e. The van der Waals surface area contributed by atoms with Gasteiger partial charge in [0.2, 0.25) is 0 Å². The van der Waals surface area contributed by atoms with Crippen LogP contribution < -0.4 is 5.32 Å². The summed E-state index contributed by atoms with van der Waals surface area (Å²) in [7, 11) is 1.93. The Labute approximate surface area is 94.6 Å². The van der Waals surface area contributed by atoms with E-state index >= 15 is 0 Å². The Morgan fingerprint density at radius 3 is 2.56 bits per heavy atom. The van der Waals surface area contributed by atoms with Crippen LogP contribution in [-0.2, 0) is 13.6 Å². The highest BCUT2D eigenvalue weighted by molar-refractivity contribution is 5.47. The molecule has 0 radical (unpaired) electrons. The molecule has 16 heavy (non-hydrogen) atoms. The molecule has 0 bridgehead atoms. The number of aromatic nitrogens is 4. The Hall–Kier alpha value is -1.75. The number of aryl methyl sites for hydroxylation is 1. The lowest BCUT2D eigenvalue weighted by Gasteiger charge is -2.03. The number of rotatable bonds is 4. The molecular weight excluding hydrogens is 202 g/mol. The van der Waals surface area contributed by atoms with E-state index in [0.29, 0.717) is 5.82 Å². The van der Waals surface area contributed by atoms with Crippen LogP contribution in [-0.4, -0.2) is 26.1 Å². The van der Waals surface area contributed by atoms with Gasteiger partial charge in [-0.25, -0.2) is 15.0 Å². The van der Waals surface area contributed by atoms with Crippen molar-refractivity contribution < 1.29 is 0 Å². The van der Waals surface area contributed by atoms with Crippen molar-refractivity contribution in [1.29, 1.82) is 0 Å². The quantitative estimate of drug-likeness (QED) is 0.829. The summed E-state index contributed by atoms with van der Waals surface area (Å²) in [4.78, 5) is 12.7. The molecule has 0 aliphatic heterocycles. The predicted molar refractivity (Wildman–Crippen MR) is 61.6 cm³/mol. The SMILES string of the molecule is CCNCc1cnc(-c2cncn2C)nc1. The number of nitrogens with zero attached hydrogens (tertiary/aromatic N) is 4. The van der Waals surface area contributed by atoms with Gasteiger partial charge in [-0.05, 0) is 6.54 Å². The highest BCUT2D eigenvalue weighted by atomic mass is 15.1. The summed E-state index contributed by atoms with van der Waals surface area (Å²) in [5.41, 5.74) is 2.02. The second-order valence-corrected chi connectivity index (χ2v) is 3.59. The van der Waals surface area contributed by atoms with Crippen LogP contribution in [0.25, 0.3) is 11.5 Å². The number of hydrogen-bond donors (Lipinski definition) is 1. The van der Waals surface area contributed by atoms with Crippen LogP contribution in [0.2, 0.25) is 0 Å². The lowest BCUT2D eigenvalue weighted by molar-refractivity contribution is 0.721. The fraction of sp³-hybridized carbons (Fsp3) is 0.364. The predicted octanol–water partition coefficient (Wildman–Crippen LogP) is 0.987. The monoisotopic (exact) mass is 217 g/mol. The molecule has 2 aromatic rings. The van der Waals surface area contributed by atoms with Gasteiger partial charge in [0.1, 0.15) is 5.69 Å². The molecule has 84 valence electrons. The molecule has 0 amide bonds. The van der Waals surface area contributed by atoms with Gasteiger partial charge in [0.05, 0.1) is 12.5 Å². The van der Waals surface area contributed by atoms with Crippen LogP contribution in [0.3, 0.4) is 0 Å². The fourth-order valence-electron chi connectivity index (χ4n) is 1.42. The summed E-state index contributed by atoms with van der Waals surface area (Å²) in [5.74, 6) is 0.709. The molecule has 2 heterocycles. The van der Waals surface area contributed by atoms with Gasteiger partial charge in [0, 0.05) is 31.5 Å². The Morgan fingerprint density at radius 1 is 1.25 bits per heavy atom. The summed E-state index contributed by atoms with van der Waals surface area (Å²) in [6.45, 7) is 3.83. The molecule has 1 N–H and O–H groups in total. The Morgan fingerprint density at radius 2 is 2.00 bits per heavy atom. The second-order valence-electron chi connectivity index (χ2n) is 3.59. The van der Waals surface area contributed by atoms with Crippen molar-refractivity contribution >= 4 is 0 Å². The Kier molecular flexibility index (Phi) is 3.26. The van der Waals surface area contributed by atoms with Gasteiger partial charge in [0.15, 0.2) is 5.82 Å². The van der Waals surface area contributed by atoms with Crippen LogP contribution in [0.15, 0.2) is 24.9 Å². The first kappa shape index (κ1) is 10.8. The molecule has 0 aliphatic rings. The molecule has 0 fully saturated rings. The Bertz CT molecular complexity index is 446. The van der Waals surface area contributed by atoms with Gasteiger partial charge >= 0.3 is 0 Å². The maximum absolute atomic E-state index is 4.32. The molecule has 0 aromatic carbocycles.